The summed E-state index contributed by atoms with van der Waals surface area (Å²) in [7, 11) is 0. The van der Waals surface area contributed by atoms with Crippen molar-refractivity contribution in [1.82, 2.24) is 19.9 Å². The Balaban J connectivity index is 1.68. The Bertz CT molecular complexity index is 799. The number of rotatable bonds is 2. The smallest absolute Gasteiger partial charge is 0.407 e. The van der Waals surface area contributed by atoms with Gasteiger partial charge < -0.3 is 15.0 Å². The molecule has 0 atom stereocenters. The van der Waals surface area contributed by atoms with Crippen LogP contribution < -0.4 is 11.0 Å². The second-order valence-electron chi connectivity index (χ2n) is 6.79. The Morgan fingerprint density at radius 3 is 2.83 bits per heavy atom. The van der Waals surface area contributed by atoms with Gasteiger partial charge in [-0.05, 0) is 33.6 Å². The zero-order valence-corrected chi connectivity index (χ0v) is 14.0. The van der Waals surface area contributed by atoms with Crippen molar-refractivity contribution in [2.75, 3.05) is 0 Å². The summed E-state index contributed by atoms with van der Waals surface area (Å²) in [6, 6.07) is 1.70. The summed E-state index contributed by atoms with van der Waals surface area (Å²) >= 11 is 5.91. The van der Waals surface area contributed by atoms with E-state index in [1.54, 1.807) is 16.8 Å². The van der Waals surface area contributed by atoms with Gasteiger partial charge in [0.25, 0.3) is 0 Å². The number of carbonyl (C=O) groups excluding carboxylic acids is 1. The normalized spacial score (nSPS) is 21.0. The number of imidazole rings is 1. The van der Waals surface area contributed by atoms with Crippen LogP contribution in [0.2, 0.25) is 5.15 Å². The van der Waals surface area contributed by atoms with Crippen molar-refractivity contribution in [2.24, 2.45) is 0 Å². The molecule has 3 rings (SSSR count). The van der Waals surface area contributed by atoms with Crippen LogP contribution in [0.3, 0.4) is 0 Å². The molecule has 0 aromatic carbocycles. The van der Waals surface area contributed by atoms with Gasteiger partial charge in [-0.25, -0.2) is 14.6 Å². The van der Waals surface area contributed by atoms with Gasteiger partial charge in [-0.2, -0.15) is 0 Å². The quantitative estimate of drug-likeness (QED) is 0.824. The summed E-state index contributed by atoms with van der Waals surface area (Å²) in [6.07, 6.45) is 2.46. The van der Waals surface area contributed by atoms with E-state index in [1.807, 2.05) is 20.8 Å². The molecule has 23 heavy (non-hydrogen) atoms. The first kappa shape index (κ1) is 15.9. The van der Waals surface area contributed by atoms with Gasteiger partial charge in [0.05, 0.1) is 17.2 Å². The summed E-state index contributed by atoms with van der Waals surface area (Å²) in [5.41, 5.74) is 0.675. The average Bonchev–Trinajstić information content (AvgIpc) is 2.67. The number of fused-ring (bicyclic) bond motifs is 1. The number of aromatic nitrogens is 3. The number of nitrogens with zero attached hydrogens (tertiary/aromatic N) is 2. The van der Waals surface area contributed by atoms with E-state index in [0.29, 0.717) is 23.5 Å². The summed E-state index contributed by atoms with van der Waals surface area (Å²) < 4.78 is 6.91. The molecule has 124 valence electrons. The molecule has 1 amide bonds. The molecule has 0 unspecified atom stereocenters. The Kier molecular flexibility index (Phi) is 3.83. The van der Waals surface area contributed by atoms with Gasteiger partial charge in [0.1, 0.15) is 10.8 Å². The second-order valence-corrected chi connectivity index (χ2v) is 7.18. The SMILES string of the molecule is CC(C)(C)OC(=O)NC1CC(n2c(=O)[nH]c3cnc(Cl)cc32)C1. The maximum absolute atomic E-state index is 12.1. The third-order valence-corrected chi connectivity index (χ3v) is 3.97. The predicted molar refractivity (Wildman–Crippen MR) is 86.8 cm³/mol. The van der Waals surface area contributed by atoms with Crippen LogP contribution >= 0.6 is 11.6 Å². The minimum Gasteiger partial charge on any atom is -0.444 e. The van der Waals surface area contributed by atoms with Crippen LogP contribution in [-0.4, -0.2) is 32.3 Å². The molecule has 1 saturated carbocycles. The predicted octanol–water partition coefficient (Wildman–Crippen LogP) is 2.61. The summed E-state index contributed by atoms with van der Waals surface area (Å²) in [5, 5.41) is 3.16. The monoisotopic (exact) mass is 338 g/mol. The van der Waals surface area contributed by atoms with Gasteiger partial charge >= 0.3 is 11.8 Å². The van der Waals surface area contributed by atoms with E-state index < -0.39 is 11.7 Å². The van der Waals surface area contributed by atoms with Crippen molar-refractivity contribution >= 4 is 28.7 Å². The fourth-order valence-electron chi connectivity index (χ4n) is 2.75. The van der Waals surface area contributed by atoms with Crippen molar-refractivity contribution in [3.8, 4) is 0 Å². The van der Waals surface area contributed by atoms with E-state index in [9.17, 15) is 9.59 Å². The van der Waals surface area contributed by atoms with E-state index in [-0.39, 0.29) is 17.8 Å². The number of nitrogens with one attached hydrogen (secondary N) is 2. The Morgan fingerprint density at radius 2 is 2.17 bits per heavy atom. The molecule has 1 fully saturated rings. The van der Waals surface area contributed by atoms with E-state index in [1.165, 1.54) is 0 Å². The lowest BCUT2D eigenvalue weighted by Crippen LogP contribution is -2.48. The number of alkyl carbamates (subject to hydrolysis) is 1. The number of pyridine rings is 1. The van der Waals surface area contributed by atoms with Gasteiger partial charge in [-0.3, -0.25) is 4.57 Å². The van der Waals surface area contributed by atoms with Crippen LogP contribution in [0.4, 0.5) is 4.79 Å². The zero-order valence-electron chi connectivity index (χ0n) is 13.2. The average molecular weight is 339 g/mol. The number of hydrogen-bond donors (Lipinski definition) is 2. The van der Waals surface area contributed by atoms with Crippen LogP contribution in [0.1, 0.15) is 39.7 Å². The van der Waals surface area contributed by atoms with E-state index in [0.717, 1.165) is 5.52 Å². The number of halogens is 1. The molecule has 0 radical (unpaired) electrons. The van der Waals surface area contributed by atoms with Crippen LogP contribution in [0.5, 0.6) is 0 Å². The molecule has 2 N–H and O–H groups in total. The molecular weight excluding hydrogens is 320 g/mol. The largest absolute Gasteiger partial charge is 0.444 e. The molecule has 0 bridgehead atoms. The number of carbonyl (C=O) groups is 1. The molecule has 7 nitrogen and oxygen atoms in total. The maximum Gasteiger partial charge on any atom is 0.407 e. The van der Waals surface area contributed by atoms with Gasteiger partial charge in [0.15, 0.2) is 0 Å². The first-order valence-electron chi connectivity index (χ1n) is 7.48. The molecule has 0 aliphatic heterocycles. The molecule has 2 aromatic rings. The fraction of sp³-hybridized carbons (Fsp3) is 0.533. The Morgan fingerprint density at radius 1 is 1.48 bits per heavy atom. The maximum atomic E-state index is 12.1. The van der Waals surface area contributed by atoms with Crippen molar-refractivity contribution in [2.45, 2.75) is 51.3 Å². The molecule has 2 aromatic heterocycles. The number of ether oxygens (including phenoxy) is 1. The molecule has 1 aliphatic carbocycles. The zero-order chi connectivity index (χ0) is 16.8. The summed E-state index contributed by atoms with van der Waals surface area (Å²) in [6.45, 7) is 5.46. The Hall–Kier alpha value is -2.02. The minimum absolute atomic E-state index is 0.00371. The van der Waals surface area contributed by atoms with Gasteiger partial charge in [0.2, 0.25) is 0 Å². The highest BCUT2D eigenvalue weighted by Gasteiger charge is 2.34. The number of H-pyrrole nitrogens is 1. The third-order valence-electron chi connectivity index (χ3n) is 3.77. The molecule has 0 saturated heterocycles. The van der Waals surface area contributed by atoms with Gasteiger partial charge in [-0.1, -0.05) is 11.6 Å². The van der Waals surface area contributed by atoms with Gasteiger partial charge in [0, 0.05) is 18.2 Å². The third kappa shape index (κ3) is 3.34. The lowest BCUT2D eigenvalue weighted by Gasteiger charge is -2.36. The molecule has 8 heteroatoms. The molecule has 1 aliphatic rings. The second kappa shape index (κ2) is 5.56. The minimum atomic E-state index is -0.523. The molecule has 2 heterocycles. The first-order chi connectivity index (χ1) is 10.7. The highest BCUT2D eigenvalue weighted by molar-refractivity contribution is 6.29. The van der Waals surface area contributed by atoms with Crippen LogP contribution in [0.25, 0.3) is 11.0 Å². The van der Waals surface area contributed by atoms with E-state index in [4.69, 9.17) is 16.3 Å². The Labute approximate surface area is 138 Å². The molecule has 0 spiro atoms. The number of amides is 1. The van der Waals surface area contributed by atoms with Gasteiger partial charge in [-0.15, -0.1) is 0 Å². The topological polar surface area (TPSA) is 89.0 Å². The highest BCUT2D eigenvalue weighted by Crippen LogP contribution is 2.33. The highest BCUT2D eigenvalue weighted by atomic mass is 35.5. The van der Waals surface area contributed by atoms with Crippen LogP contribution in [0.15, 0.2) is 17.1 Å². The van der Waals surface area contributed by atoms with Crippen molar-refractivity contribution < 1.29 is 9.53 Å². The lowest BCUT2D eigenvalue weighted by atomic mass is 9.86. The van der Waals surface area contributed by atoms with Crippen molar-refractivity contribution in [3.63, 3.8) is 0 Å². The van der Waals surface area contributed by atoms with Crippen LogP contribution in [0, 0.1) is 0 Å². The van der Waals surface area contributed by atoms with Crippen molar-refractivity contribution in [3.05, 3.63) is 27.9 Å². The fourth-order valence-corrected chi connectivity index (χ4v) is 2.91. The van der Waals surface area contributed by atoms with E-state index in [2.05, 4.69) is 15.3 Å². The molecular formula is C15H19ClN4O3. The lowest BCUT2D eigenvalue weighted by molar-refractivity contribution is 0.0457. The summed E-state index contributed by atoms with van der Waals surface area (Å²) in [4.78, 5) is 30.6. The van der Waals surface area contributed by atoms with Crippen molar-refractivity contribution in [1.29, 1.82) is 0 Å². The van der Waals surface area contributed by atoms with Crippen LogP contribution in [-0.2, 0) is 4.74 Å². The number of aromatic amines is 1. The first-order valence-corrected chi connectivity index (χ1v) is 7.86. The summed E-state index contributed by atoms with van der Waals surface area (Å²) in [5.74, 6) is 0. The standard InChI is InChI=1S/C15H19ClN4O3/c1-15(2,3)23-14(22)18-8-4-9(5-8)20-11-6-12(16)17-7-10(11)19-13(20)21/h6-9H,4-5H2,1-3H3,(H,18,22)(H,19,21). The number of hydrogen-bond acceptors (Lipinski definition) is 4. The van der Waals surface area contributed by atoms with E-state index >= 15 is 0 Å².